The van der Waals surface area contributed by atoms with Crippen molar-refractivity contribution < 1.29 is 39.8 Å². The Bertz CT molecular complexity index is 1240. The van der Waals surface area contributed by atoms with Crippen LogP contribution in [0.25, 0.3) is 0 Å². The highest BCUT2D eigenvalue weighted by Gasteiger charge is 2.44. The van der Waals surface area contributed by atoms with Crippen LogP contribution in [0.1, 0.15) is 367 Å². The molecule has 464 valence electrons. The van der Waals surface area contributed by atoms with Crippen LogP contribution in [0.5, 0.6) is 0 Å². The van der Waals surface area contributed by atoms with E-state index in [1.165, 1.54) is 302 Å². The Hall–Kier alpha value is -1.07. The first-order valence-corrected chi connectivity index (χ1v) is 34.9. The fourth-order valence-electron chi connectivity index (χ4n) is 11.6. The summed E-state index contributed by atoms with van der Waals surface area (Å²) < 4.78 is 11.3. The molecule has 0 aromatic heterocycles. The van der Waals surface area contributed by atoms with Gasteiger partial charge in [0.1, 0.15) is 24.4 Å². The lowest BCUT2D eigenvalue weighted by Gasteiger charge is -2.40. The van der Waals surface area contributed by atoms with E-state index in [2.05, 4.69) is 31.3 Å². The van der Waals surface area contributed by atoms with Crippen LogP contribution < -0.4 is 5.32 Å². The minimum Gasteiger partial charge on any atom is -0.394 e. The molecule has 7 atom stereocenters. The highest BCUT2D eigenvalue weighted by atomic mass is 16.7. The molecule has 1 saturated heterocycles. The number of nitrogens with one attached hydrogen (secondary N) is 1. The van der Waals surface area contributed by atoms with Crippen molar-refractivity contribution in [2.75, 3.05) is 13.2 Å². The number of rotatable bonds is 62. The van der Waals surface area contributed by atoms with E-state index in [0.717, 1.165) is 38.5 Å². The normalized spacial score (nSPS) is 18.6. The summed E-state index contributed by atoms with van der Waals surface area (Å²) in [4.78, 5) is 13.1. The molecule has 1 heterocycles. The Morgan fingerprint density at radius 3 is 1.04 bits per heavy atom. The first kappa shape index (κ1) is 74.9. The van der Waals surface area contributed by atoms with Crippen LogP contribution >= 0.6 is 0 Å². The molecule has 6 N–H and O–H groups in total. The lowest BCUT2D eigenvalue weighted by molar-refractivity contribution is -0.302. The summed E-state index contributed by atoms with van der Waals surface area (Å²) in [6.07, 6.45) is 68.8. The van der Waals surface area contributed by atoms with Crippen LogP contribution in [0.3, 0.4) is 0 Å². The van der Waals surface area contributed by atoms with Crippen LogP contribution in [0.15, 0.2) is 12.2 Å². The van der Waals surface area contributed by atoms with Crippen molar-refractivity contribution in [3.8, 4) is 0 Å². The van der Waals surface area contributed by atoms with Gasteiger partial charge in [0.2, 0.25) is 5.91 Å². The molecule has 1 fully saturated rings. The van der Waals surface area contributed by atoms with Crippen molar-refractivity contribution in [1.29, 1.82) is 0 Å². The fourth-order valence-corrected chi connectivity index (χ4v) is 11.6. The number of aliphatic hydroxyl groups excluding tert-OH is 5. The summed E-state index contributed by atoms with van der Waals surface area (Å²) in [5, 5.41) is 54.7. The van der Waals surface area contributed by atoms with Crippen molar-refractivity contribution in [2.24, 2.45) is 0 Å². The molecule has 0 aromatic rings. The van der Waals surface area contributed by atoms with Gasteiger partial charge < -0.3 is 40.3 Å². The molecule has 1 aliphatic rings. The van der Waals surface area contributed by atoms with Gasteiger partial charge in [0.05, 0.1) is 25.4 Å². The minimum atomic E-state index is -1.55. The van der Waals surface area contributed by atoms with E-state index in [4.69, 9.17) is 9.47 Å². The van der Waals surface area contributed by atoms with Gasteiger partial charge in [-0.3, -0.25) is 4.79 Å². The number of hydrogen-bond acceptors (Lipinski definition) is 8. The molecule has 7 unspecified atom stereocenters. The summed E-state index contributed by atoms with van der Waals surface area (Å²) in [7, 11) is 0. The van der Waals surface area contributed by atoms with Gasteiger partial charge in [0, 0.05) is 6.42 Å². The van der Waals surface area contributed by atoms with Crippen molar-refractivity contribution in [2.45, 2.75) is 410 Å². The average Bonchev–Trinajstić information content (AvgIpc) is 3.46. The average molecular weight is 1110 g/mol. The van der Waals surface area contributed by atoms with Crippen LogP contribution in [-0.4, -0.2) is 87.5 Å². The Morgan fingerprint density at radius 2 is 0.718 bits per heavy atom. The molecule has 1 rings (SSSR count). The molecule has 9 heteroatoms. The Balaban J connectivity index is 1.98. The highest BCUT2D eigenvalue weighted by molar-refractivity contribution is 5.76. The standard InChI is InChI=1S/C69H135NO8/c1-3-5-7-9-11-13-15-17-19-20-21-22-23-24-25-26-27-28-29-30-31-32-33-34-35-36-37-38-39-40-41-42-43-44-45-47-49-51-53-55-57-59-65(73)70-62(61-77-69-68(76)67(75)66(74)64(60-71)78-69)63(72)58-56-54-52-50-48-46-18-16-14-12-10-8-6-4-2/h20-21,62-64,66-69,71-72,74-76H,3-19,22-61H2,1-2H3,(H,70,73)/b21-20-. The first-order valence-electron chi connectivity index (χ1n) is 34.9. The van der Waals surface area contributed by atoms with E-state index in [1.54, 1.807) is 0 Å². The van der Waals surface area contributed by atoms with Gasteiger partial charge in [-0.15, -0.1) is 0 Å². The maximum atomic E-state index is 13.1. The van der Waals surface area contributed by atoms with E-state index in [9.17, 15) is 30.3 Å². The van der Waals surface area contributed by atoms with E-state index >= 15 is 0 Å². The quantitative estimate of drug-likeness (QED) is 0.0261. The van der Waals surface area contributed by atoms with Gasteiger partial charge in [0.25, 0.3) is 0 Å². The van der Waals surface area contributed by atoms with Gasteiger partial charge in [-0.25, -0.2) is 0 Å². The molecule has 0 aromatic carbocycles. The largest absolute Gasteiger partial charge is 0.394 e. The van der Waals surface area contributed by atoms with Crippen LogP contribution in [-0.2, 0) is 14.3 Å². The van der Waals surface area contributed by atoms with E-state index in [0.29, 0.717) is 12.8 Å². The molecule has 0 bridgehead atoms. The Labute approximate surface area is 484 Å². The molecule has 1 amide bonds. The molecule has 0 radical (unpaired) electrons. The van der Waals surface area contributed by atoms with Gasteiger partial charge in [0.15, 0.2) is 6.29 Å². The number of carbonyl (C=O) groups is 1. The predicted molar refractivity (Wildman–Crippen MR) is 332 cm³/mol. The smallest absolute Gasteiger partial charge is 0.220 e. The fraction of sp³-hybridized carbons (Fsp3) is 0.957. The first-order chi connectivity index (χ1) is 38.3. The summed E-state index contributed by atoms with van der Waals surface area (Å²) >= 11 is 0. The topological polar surface area (TPSA) is 149 Å². The maximum absolute atomic E-state index is 13.1. The lowest BCUT2D eigenvalue weighted by atomic mass is 9.99. The van der Waals surface area contributed by atoms with E-state index in [1.807, 2.05) is 0 Å². The number of carbonyl (C=O) groups excluding carboxylic acids is 1. The monoisotopic (exact) mass is 1110 g/mol. The molecule has 9 nitrogen and oxygen atoms in total. The Kier molecular flexibility index (Phi) is 56.8. The Morgan fingerprint density at radius 1 is 0.423 bits per heavy atom. The van der Waals surface area contributed by atoms with Crippen LogP contribution in [0, 0.1) is 0 Å². The zero-order chi connectivity index (χ0) is 56.5. The van der Waals surface area contributed by atoms with Gasteiger partial charge in [-0.1, -0.05) is 334 Å². The van der Waals surface area contributed by atoms with Crippen molar-refractivity contribution in [3.63, 3.8) is 0 Å². The summed E-state index contributed by atoms with van der Waals surface area (Å²) in [6, 6.07) is -0.714. The molecule has 0 spiro atoms. The van der Waals surface area contributed by atoms with Gasteiger partial charge in [-0.2, -0.15) is 0 Å². The van der Waals surface area contributed by atoms with Crippen molar-refractivity contribution in [1.82, 2.24) is 5.32 Å². The third-order valence-electron chi connectivity index (χ3n) is 17.1. The molecule has 0 aliphatic carbocycles. The second-order valence-electron chi connectivity index (χ2n) is 24.7. The van der Waals surface area contributed by atoms with E-state index in [-0.39, 0.29) is 12.5 Å². The second-order valence-corrected chi connectivity index (χ2v) is 24.7. The van der Waals surface area contributed by atoms with Crippen LogP contribution in [0.4, 0.5) is 0 Å². The number of allylic oxidation sites excluding steroid dienone is 2. The van der Waals surface area contributed by atoms with Crippen molar-refractivity contribution >= 4 is 5.91 Å². The number of aliphatic hydroxyl groups is 5. The number of hydrogen-bond donors (Lipinski definition) is 6. The summed E-state index contributed by atoms with van der Waals surface area (Å²) in [6.45, 7) is 3.88. The minimum absolute atomic E-state index is 0.132. The van der Waals surface area contributed by atoms with E-state index < -0.39 is 49.5 Å². The third-order valence-corrected chi connectivity index (χ3v) is 17.1. The predicted octanol–water partition coefficient (Wildman–Crippen LogP) is 18.7. The zero-order valence-corrected chi connectivity index (χ0v) is 52.0. The number of unbranched alkanes of at least 4 members (excludes halogenated alkanes) is 50. The lowest BCUT2D eigenvalue weighted by Crippen LogP contribution is -2.60. The molecular weight excluding hydrogens is 971 g/mol. The van der Waals surface area contributed by atoms with Gasteiger partial charge >= 0.3 is 0 Å². The number of amides is 1. The third kappa shape index (κ3) is 47.4. The van der Waals surface area contributed by atoms with Gasteiger partial charge in [-0.05, 0) is 38.5 Å². The van der Waals surface area contributed by atoms with Crippen LogP contribution in [0.2, 0.25) is 0 Å². The second kappa shape index (κ2) is 59.1. The van der Waals surface area contributed by atoms with Crippen molar-refractivity contribution in [3.05, 3.63) is 12.2 Å². The molecule has 1 aliphatic heterocycles. The highest BCUT2D eigenvalue weighted by Crippen LogP contribution is 2.24. The zero-order valence-electron chi connectivity index (χ0n) is 52.0. The summed E-state index contributed by atoms with van der Waals surface area (Å²) in [5.74, 6) is -0.136. The molecule has 78 heavy (non-hydrogen) atoms. The molecular formula is C69H135NO8. The summed E-state index contributed by atoms with van der Waals surface area (Å²) in [5.41, 5.74) is 0. The SMILES string of the molecule is CCCCCCCCCC/C=C\CCCCCCCCCCCCCCCCCCCCCCCCCCCCCCCC(=O)NC(COC1OC(CO)C(O)C(O)C1O)C(O)CCCCCCCCCCCCCCCC. The number of ether oxygens (including phenoxy) is 2. The maximum Gasteiger partial charge on any atom is 0.220 e. The molecule has 0 saturated carbocycles.